The molecule has 0 atom stereocenters. The molecule has 174 valence electrons. The van der Waals surface area contributed by atoms with E-state index >= 15 is 0 Å². The molecule has 0 radical (unpaired) electrons. The number of benzene rings is 2. The summed E-state index contributed by atoms with van der Waals surface area (Å²) in [6.45, 7) is 10.2. The highest BCUT2D eigenvalue weighted by atomic mass is 32.2. The molecule has 0 fully saturated rings. The molecular weight excluding hydrogens is 436 g/mol. The molecule has 0 saturated carbocycles. The van der Waals surface area contributed by atoms with E-state index < -0.39 is 10.1 Å². The molecule has 1 aliphatic rings. The Balaban J connectivity index is 2.31. The lowest BCUT2D eigenvalue weighted by molar-refractivity contribution is -0.519. The molecule has 2 aromatic rings. The van der Waals surface area contributed by atoms with Crippen LogP contribution in [0.25, 0.3) is 5.57 Å². The lowest BCUT2D eigenvalue weighted by Gasteiger charge is -2.20. The average molecular weight is 467 g/mol. The van der Waals surface area contributed by atoms with Crippen LogP contribution in [0.5, 0.6) is 5.75 Å². The number of phenols is 1. The van der Waals surface area contributed by atoms with Crippen LogP contribution < -0.4 is 5.32 Å². The quantitative estimate of drug-likeness (QED) is 0.464. The molecule has 0 saturated heterocycles. The molecule has 0 spiro atoms. The summed E-state index contributed by atoms with van der Waals surface area (Å²) >= 11 is 0. The Morgan fingerprint density at radius 2 is 1.61 bits per heavy atom. The zero-order chi connectivity index (χ0) is 24.2. The van der Waals surface area contributed by atoms with Crippen molar-refractivity contribution in [3.05, 3.63) is 83.0 Å². The zero-order valence-electron chi connectivity index (χ0n) is 19.4. The Morgan fingerprint density at radius 3 is 2.12 bits per heavy atom. The highest BCUT2D eigenvalue weighted by molar-refractivity contribution is 7.85. The second-order valence-corrected chi connectivity index (χ2v) is 9.14. The largest absolute Gasteiger partial charge is 0.744 e. The van der Waals surface area contributed by atoms with Gasteiger partial charge in [0.15, 0.2) is 5.71 Å². The summed E-state index contributed by atoms with van der Waals surface area (Å²) in [7, 11) is -4.78. The van der Waals surface area contributed by atoms with E-state index in [2.05, 4.69) is 23.7 Å². The molecule has 1 aliphatic carbocycles. The van der Waals surface area contributed by atoms with Crippen LogP contribution in [0, 0.1) is 6.92 Å². The number of hydrogen-bond donors (Lipinski definition) is 2. The molecule has 0 bridgehead atoms. The van der Waals surface area contributed by atoms with Crippen LogP contribution in [0.2, 0.25) is 0 Å². The first kappa shape index (κ1) is 24.5. The van der Waals surface area contributed by atoms with Crippen LogP contribution >= 0.6 is 0 Å². The molecule has 0 heterocycles. The number of aromatic hydroxyl groups is 1. The molecule has 33 heavy (non-hydrogen) atoms. The average Bonchev–Trinajstić information content (AvgIpc) is 2.78. The number of aryl methyl sites for hydroxylation is 1. The Labute approximate surface area is 196 Å². The van der Waals surface area contributed by atoms with E-state index in [0.29, 0.717) is 11.1 Å². The number of rotatable bonds is 7. The minimum atomic E-state index is -4.78. The number of phenolic OH excluding ortho intramolecular Hbond substituents is 1. The Kier molecular flexibility index (Phi) is 7.56. The van der Waals surface area contributed by atoms with Gasteiger partial charge in [-0.3, -0.25) is 0 Å². The predicted octanol–water partition coefficient (Wildman–Crippen LogP) is 4.46. The number of nitrogens with zero attached hydrogens (tertiary/aromatic N) is 1. The summed E-state index contributed by atoms with van der Waals surface area (Å²) in [5.74, 6) is -0.0704. The van der Waals surface area contributed by atoms with Gasteiger partial charge in [-0.15, -0.1) is 0 Å². The van der Waals surface area contributed by atoms with Gasteiger partial charge in [0, 0.05) is 29.9 Å². The van der Waals surface area contributed by atoms with Crippen LogP contribution in [0.15, 0.2) is 71.2 Å². The topological polar surface area (TPSA) is 92.5 Å². The summed E-state index contributed by atoms with van der Waals surface area (Å²) in [6.07, 6.45) is 7.79. The fourth-order valence-electron chi connectivity index (χ4n) is 3.94. The van der Waals surface area contributed by atoms with Crippen molar-refractivity contribution in [2.24, 2.45) is 0 Å². The van der Waals surface area contributed by atoms with Gasteiger partial charge in [-0.1, -0.05) is 12.1 Å². The van der Waals surface area contributed by atoms with E-state index in [-0.39, 0.29) is 16.2 Å². The molecule has 2 N–H and O–H groups in total. The van der Waals surface area contributed by atoms with E-state index in [9.17, 15) is 18.1 Å². The SMILES string of the molecule is CCNc1ccc(C(=C2C=CC(=[N+](CC)CC)C=C2)c2cc(O)c(C)cc2S(=O)(=O)[O-])cc1. The van der Waals surface area contributed by atoms with Crippen molar-refractivity contribution in [2.45, 2.75) is 32.6 Å². The van der Waals surface area contributed by atoms with E-state index in [4.69, 9.17) is 0 Å². The second kappa shape index (κ2) is 10.2. The Hall–Kier alpha value is -3.16. The summed E-state index contributed by atoms with van der Waals surface area (Å²) in [5.41, 5.74) is 4.53. The fourth-order valence-corrected chi connectivity index (χ4v) is 4.69. The van der Waals surface area contributed by atoms with Gasteiger partial charge in [-0.25, -0.2) is 13.0 Å². The van der Waals surface area contributed by atoms with Crippen molar-refractivity contribution < 1.29 is 22.7 Å². The minimum Gasteiger partial charge on any atom is -0.744 e. The predicted molar refractivity (Wildman–Crippen MR) is 132 cm³/mol. The number of allylic oxidation sites excluding steroid dienone is 5. The Morgan fingerprint density at radius 1 is 1.00 bits per heavy atom. The van der Waals surface area contributed by atoms with Crippen molar-refractivity contribution >= 4 is 27.1 Å². The normalized spacial score (nSPS) is 13.4. The van der Waals surface area contributed by atoms with E-state index in [1.807, 2.05) is 55.5 Å². The fraction of sp³-hybridized carbons (Fsp3) is 0.269. The van der Waals surface area contributed by atoms with Gasteiger partial charge in [0.05, 0.1) is 4.90 Å². The van der Waals surface area contributed by atoms with Crippen LogP contribution in [0.4, 0.5) is 5.69 Å². The van der Waals surface area contributed by atoms with E-state index in [1.165, 1.54) is 12.1 Å². The second-order valence-electron chi connectivity index (χ2n) is 7.79. The van der Waals surface area contributed by atoms with Crippen molar-refractivity contribution in [3.63, 3.8) is 0 Å². The number of hydrogen-bond acceptors (Lipinski definition) is 5. The van der Waals surface area contributed by atoms with Crippen molar-refractivity contribution in [3.8, 4) is 5.75 Å². The zero-order valence-corrected chi connectivity index (χ0v) is 20.2. The van der Waals surface area contributed by atoms with Gasteiger partial charge in [0.2, 0.25) is 0 Å². The van der Waals surface area contributed by atoms with Crippen LogP contribution in [-0.2, 0) is 10.1 Å². The highest BCUT2D eigenvalue weighted by Gasteiger charge is 2.21. The molecule has 0 aromatic heterocycles. The maximum Gasteiger partial charge on any atom is 0.199 e. The number of nitrogens with one attached hydrogen (secondary N) is 1. The van der Waals surface area contributed by atoms with Gasteiger partial charge >= 0.3 is 0 Å². The van der Waals surface area contributed by atoms with Gasteiger partial charge in [0.25, 0.3) is 0 Å². The molecule has 2 aromatic carbocycles. The molecule has 3 rings (SSSR count). The summed E-state index contributed by atoms with van der Waals surface area (Å²) in [6, 6.07) is 10.2. The lowest BCUT2D eigenvalue weighted by atomic mass is 9.90. The smallest absolute Gasteiger partial charge is 0.199 e. The van der Waals surface area contributed by atoms with E-state index in [1.54, 1.807) is 6.92 Å². The molecule has 6 nitrogen and oxygen atoms in total. The first-order chi connectivity index (χ1) is 15.7. The summed E-state index contributed by atoms with van der Waals surface area (Å²) in [4.78, 5) is -0.351. The van der Waals surface area contributed by atoms with Crippen molar-refractivity contribution in [1.82, 2.24) is 0 Å². The lowest BCUT2D eigenvalue weighted by Crippen LogP contribution is -2.19. The van der Waals surface area contributed by atoms with Crippen LogP contribution in [0.3, 0.4) is 0 Å². The van der Waals surface area contributed by atoms with Gasteiger partial charge in [-0.2, -0.15) is 0 Å². The molecule has 0 amide bonds. The molecule has 0 aliphatic heterocycles. The minimum absolute atomic E-state index is 0.0704. The standard InChI is InChI=1S/C26H30N2O4S/c1-5-27-21-12-8-19(9-13-21)26(20-10-14-22(15-11-20)28(6-2)7-3)23-17-24(29)18(4)16-25(23)33(30,31)32/h8-17H,5-7H2,1-4H3,(H2,29,30,31,32). The van der Waals surface area contributed by atoms with Gasteiger partial charge in [-0.05, 0) is 86.4 Å². The van der Waals surface area contributed by atoms with Gasteiger partial charge < -0.3 is 15.0 Å². The summed E-state index contributed by atoms with van der Waals surface area (Å²) < 4.78 is 38.7. The third-order valence-corrected chi connectivity index (χ3v) is 6.55. The Bertz CT molecular complexity index is 1240. The van der Waals surface area contributed by atoms with Gasteiger partial charge in [0.1, 0.15) is 29.0 Å². The third kappa shape index (κ3) is 5.43. The summed E-state index contributed by atoms with van der Waals surface area (Å²) in [5, 5.41) is 13.6. The molecule has 7 heteroatoms. The first-order valence-corrected chi connectivity index (χ1v) is 12.5. The number of anilines is 1. The highest BCUT2D eigenvalue weighted by Crippen LogP contribution is 2.37. The van der Waals surface area contributed by atoms with Crippen molar-refractivity contribution in [1.29, 1.82) is 0 Å². The van der Waals surface area contributed by atoms with E-state index in [0.717, 1.165) is 42.2 Å². The maximum absolute atomic E-state index is 12.2. The van der Waals surface area contributed by atoms with Crippen LogP contribution in [0.1, 0.15) is 37.5 Å². The van der Waals surface area contributed by atoms with Crippen LogP contribution in [-0.4, -0.2) is 48.0 Å². The molecule has 0 unspecified atom stereocenters. The third-order valence-electron chi connectivity index (χ3n) is 5.68. The monoisotopic (exact) mass is 466 g/mol. The molecular formula is C26H30N2O4S. The van der Waals surface area contributed by atoms with Crippen molar-refractivity contribution in [2.75, 3.05) is 25.0 Å². The maximum atomic E-state index is 12.2. The first-order valence-electron chi connectivity index (χ1n) is 11.1.